The molecular weight excluding hydrogens is 352 g/mol. The van der Waals surface area contributed by atoms with Gasteiger partial charge in [-0.2, -0.15) is 0 Å². The molecule has 1 aromatic carbocycles. The van der Waals surface area contributed by atoms with Gasteiger partial charge in [-0.1, -0.05) is 30.9 Å². The zero-order valence-electron chi connectivity index (χ0n) is 15.7. The van der Waals surface area contributed by atoms with Crippen LogP contribution in [0.4, 0.5) is 0 Å². The second-order valence-electron chi connectivity index (χ2n) is 5.61. The molecule has 2 N–H and O–H groups in total. The van der Waals surface area contributed by atoms with Crippen LogP contribution in [-0.4, -0.2) is 84.9 Å². The van der Waals surface area contributed by atoms with Crippen LogP contribution in [0.1, 0.15) is 6.92 Å². The van der Waals surface area contributed by atoms with E-state index in [1.165, 1.54) is 0 Å². The molecule has 0 amide bonds. The number of piperazine rings is 1. The third-order valence-corrected chi connectivity index (χ3v) is 3.89. The van der Waals surface area contributed by atoms with Crippen molar-refractivity contribution in [2.75, 3.05) is 53.0 Å². The average molecular weight is 378 g/mol. The summed E-state index contributed by atoms with van der Waals surface area (Å²) in [6, 6.07) is 7.63. The number of hydrogen-bond donors (Lipinski definition) is 2. The lowest BCUT2D eigenvalue weighted by molar-refractivity contribution is -0.159. The quantitative estimate of drug-likeness (QED) is 0.575. The maximum Gasteiger partial charge on any atom is 0.414 e. The summed E-state index contributed by atoms with van der Waals surface area (Å²) in [5, 5.41) is 14.8. The first-order valence-electron chi connectivity index (χ1n) is 8.60. The molecule has 1 saturated heterocycles. The molecule has 27 heavy (non-hydrogen) atoms. The molecule has 1 aliphatic heterocycles. The minimum atomic E-state index is -1.82. The lowest BCUT2D eigenvalue weighted by Gasteiger charge is -2.32. The molecule has 0 radical (unpaired) electrons. The zero-order valence-corrected chi connectivity index (χ0v) is 15.7. The number of nitrogens with zero attached hydrogens (tertiary/aromatic N) is 2. The molecule has 0 bridgehead atoms. The summed E-state index contributed by atoms with van der Waals surface area (Å²) in [6.07, 6.45) is 0. The minimum Gasteiger partial charge on any atom is -0.493 e. The van der Waals surface area contributed by atoms with E-state index in [0.717, 1.165) is 50.8 Å². The Hall–Kier alpha value is -2.76. The zero-order chi connectivity index (χ0) is 20.1. The first kappa shape index (κ1) is 22.3. The van der Waals surface area contributed by atoms with E-state index in [1.807, 2.05) is 24.3 Å². The summed E-state index contributed by atoms with van der Waals surface area (Å²) >= 11 is 0. The van der Waals surface area contributed by atoms with Crippen LogP contribution in [0.5, 0.6) is 11.5 Å². The number of carboxylic acids is 2. The highest BCUT2D eigenvalue weighted by Crippen LogP contribution is 2.25. The Morgan fingerprint density at radius 1 is 1.00 bits per heavy atom. The Morgan fingerprint density at radius 2 is 1.56 bits per heavy atom. The molecule has 0 atom stereocenters. The summed E-state index contributed by atoms with van der Waals surface area (Å²) in [6.45, 7) is 9.09. The van der Waals surface area contributed by atoms with E-state index < -0.39 is 11.9 Å². The summed E-state index contributed by atoms with van der Waals surface area (Å²) in [5.74, 6) is 4.10. The van der Waals surface area contributed by atoms with Crippen LogP contribution in [0.2, 0.25) is 0 Å². The molecule has 8 heteroatoms. The predicted octanol–water partition coefficient (Wildman–Crippen LogP) is 0.871. The van der Waals surface area contributed by atoms with Crippen molar-refractivity contribution >= 4 is 11.9 Å². The van der Waals surface area contributed by atoms with Crippen LogP contribution in [0.3, 0.4) is 0 Å². The van der Waals surface area contributed by atoms with Gasteiger partial charge in [-0.3, -0.25) is 4.90 Å². The monoisotopic (exact) mass is 378 g/mol. The number of likely N-dealkylation sites (N-methyl/N-ethyl adjacent to an activating group) is 1. The summed E-state index contributed by atoms with van der Waals surface area (Å²) in [5.41, 5.74) is 0. The van der Waals surface area contributed by atoms with Crippen LogP contribution >= 0.6 is 0 Å². The topological polar surface area (TPSA) is 99.5 Å². The molecule has 1 fully saturated rings. The van der Waals surface area contributed by atoms with E-state index in [2.05, 4.69) is 28.6 Å². The van der Waals surface area contributed by atoms with Crippen molar-refractivity contribution in [2.24, 2.45) is 0 Å². The maximum absolute atomic E-state index is 9.10. The van der Waals surface area contributed by atoms with Crippen LogP contribution in [0.15, 0.2) is 24.3 Å². The third kappa shape index (κ3) is 8.94. The van der Waals surface area contributed by atoms with Crippen molar-refractivity contribution in [3.8, 4) is 23.3 Å². The van der Waals surface area contributed by atoms with Gasteiger partial charge in [0.25, 0.3) is 0 Å². The maximum atomic E-state index is 9.10. The van der Waals surface area contributed by atoms with Crippen molar-refractivity contribution in [1.29, 1.82) is 0 Å². The number of carboxylic acid groups (broad SMARTS) is 2. The predicted molar refractivity (Wildman–Crippen MR) is 100 cm³/mol. The molecule has 0 saturated carbocycles. The fraction of sp³-hybridized carbons (Fsp3) is 0.474. The number of rotatable bonds is 5. The van der Waals surface area contributed by atoms with Crippen molar-refractivity contribution < 1.29 is 29.3 Å². The number of para-hydroxylation sites is 2. The smallest absolute Gasteiger partial charge is 0.414 e. The van der Waals surface area contributed by atoms with E-state index in [1.54, 1.807) is 7.11 Å². The van der Waals surface area contributed by atoms with Gasteiger partial charge in [0.1, 0.15) is 6.61 Å². The van der Waals surface area contributed by atoms with Gasteiger partial charge in [-0.15, -0.1) is 0 Å². The van der Waals surface area contributed by atoms with Crippen LogP contribution in [0.25, 0.3) is 0 Å². The molecule has 2 rings (SSSR count). The molecule has 0 unspecified atom stereocenters. The number of ether oxygens (including phenoxy) is 2. The van der Waals surface area contributed by atoms with Crippen LogP contribution < -0.4 is 9.47 Å². The second kappa shape index (κ2) is 12.6. The lowest BCUT2D eigenvalue weighted by Crippen LogP contribution is -2.46. The van der Waals surface area contributed by atoms with E-state index in [9.17, 15) is 0 Å². The average Bonchev–Trinajstić information content (AvgIpc) is 2.69. The summed E-state index contributed by atoms with van der Waals surface area (Å²) < 4.78 is 10.9. The molecule has 0 aliphatic carbocycles. The van der Waals surface area contributed by atoms with E-state index in [0.29, 0.717) is 6.61 Å². The van der Waals surface area contributed by atoms with Gasteiger partial charge < -0.3 is 24.6 Å². The van der Waals surface area contributed by atoms with E-state index in [4.69, 9.17) is 29.3 Å². The first-order chi connectivity index (χ1) is 13.0. The molecule has 8 nitrogen and oxygen atoms in total. The highest BCUT2D eigenvalue weighted by Gasteiger charge is 2.13. The molecule has 1 aromatic rings. The molecule has 1 heterocycles. The van der Waals surface area contributed by atoms with Gasteiger partial charge in [0, 0.05) is 26.2 Å². The van der Waals surface area contributed by atoms with Crippen molar-refractivity contribution in [3.63, 3.8) is 0 Å². The van der Waals surface area contributed by atoms with Gasteiger partial charge >= 0.3 is 11.9 Å². The molecule has 0 aromatic heterocycles. The van der Waals surface area contributed by atoms with Gasteiger partial charge in [-0.05, 0) is 18.7 Å². The molecular formula is C19H26N2O6. The summed E-state index contributed by atoms with van der Waals surface area (Å²) in [7, 11) is 1.64. The van der Waals surface area contributed by atoms with Crippen LogP contribution in [-0.2, 0) is 9.59 Å². The van der Waals surface area contributed by atoms with Crippen molar-refractivity contribution in [2.45, 2.75) is 6.92 Å². The minimum absolute atomic E-state index is 0.398. The second-order valence-corrected chi connectivity index (χ2v) is 5.61. The molecule has 0 spiro atoms. The Bertz CT molecular complexity index is 648. The Labute approximate surface area is 159 Å². The highest BCUT2D eigenvalue weighted by atomic mass is 16.5. The number of carbonyl (C=O) groups is 2. The number of benzene rings is 1. The molecule has 148 valence electrons. The number of aliphatic carboxylic acids is 2. The largest absolute Gasteiger partial charge is 0.493 e. The SMILES string of the molecule is CCN1CCN(CC#CCOc2ccccc2OC)CC1.O=C(O)C(=O)O. The van der Waals surface area contributed by atoms with Crippen molar-refractivity contribution in [1.82, 2.24) is 9.80 Å². The number of methoxy groups -OCH3 is 1. The standard InChI is InChI=1S/C17H24N2O2.C2H2O4/c1-3-18-11-13-19(14-12-18)10-6-7-15-21-17-9-5-4-8-16(17)20-2;3-1(4)2(5)6/h4-5,8-9H,3,10-15H2,1-2H3;(H,3,4)(H,5,6). The Balaban J connectivity index is 0.000000527. The van der Waals surface area contributed by atoms with Gasteiger partial charge in [0.05, 0.1) is 13.7 Å². The highest BCUT2D eigenvalue weighted by molar-refractivity contribution is 6.27. The van der Waals surface area contributed by atoms with Gasteiger partial charge in [0.15, 0.2) is 11.5 Å². The lowest BCUT2D eigenvalue weighted by atomic mass is 10.3. The Morgan fingerprint density at radius 3 is 2.07 bits per heavy atom. The summed E-state index contributed by atoms with van der Waals surface area (Å²) in [4.78, 5) is 23.1. The number of hydrogen-bond acceptors (Lipinski definition) is 6. The van der Waals surface area contributed by atoms with Gasteiger partial charge in [0.2, 0.25) is 0 Å². The van der Waals surface area contributed by atoms with Crippen LogP contribution in [0, 0.1) is 11.8 Å². The fourth-order valence-corrected chi connectivity index (χ4v) is 2.33. The normalized spacial score (nSPS) is 14.1. The van der Waals surface area contributed by atoms with Crippen molar-refractivity contribution in [3.05, 3.63) is 24.3 Å². The fourth-order valence-electron chi connectivity index (χ4n) is 2.33. The molecule has 1 aliphatic rings. The first-order valence-corrected chi connectivity index (χ1v) is 8.60. The van der Waals surface area contributed by atoms with E-state index in [-0.39, 0.29) is 0 Å². The van der Waals surface area contributed by atoms with Gasteiger partial charge in [-0.25, -0.2) is 9.59 Å². The Kier molecular flexibility index (Phi) is 10.4. The third-order valence-electron chi connectivity index (χ3n) is 3.89. The van der Waals surface area contributed by atoms with E-state index >= 15 is 0 Å².